The van der Waals surface area contributed by atoms with Gasteiger partial charge < -0.3 is 5.32 Å². The highest BCUT2D eigenvalue weighted by Gasteiger charge is 2.17. The molecule has 1 aromatic carbocycles. The van der Waals surface area contributed by atoms with E-state index < -0.39 is 0 Å². The van der Waals surface area contributed by atoms with Crippen LogP contribution in [0, 0.1) is 6.92 Å². The van der Waals surface area contributed by atoms with Crippen LogP contribution in [0.4, 0.5) is 0 Å². The van der Waals surface area contributed by atoms with Gasteiger partial charge in [0.25, 0.3) is 5.91 Å². The van der Waals surface area contributed by atoms with Crippen molar-refractivity contribution >= 4 is 17.2 Å². The maximum atomic E-state index is 12.3. The number of hydrogen-bond donors (Lipinski definition) is 2. The number of aromatic nitrogens is 2. The van der Waals surface area contributed by atoms with Gasteiger partial charge in [-0.05, 0) is 42.7 Å². The predicted octanol–water partition coefficient (Wildman–Crippen LogP) is 3.58. The molecule has 3 heterocycles. The van der Waals surface area contributed by atoms with Gasteiger partial charge in [-0.15, -0.1) is 11.3 Å². The molecule has 0 fully saturated rings. The maximum Gasteiger partial charge on any atom is 0.271 e. The average molecular weight is 366 g/mol. The first-order valence-electron chi connectivity index (χ1n) is 8.88. The molecule has 1 aliphatic rings. The first-order chi connectivity index (χ1) is 12.7. The number of hydrogen-bond acceptors (Lipinski definition) is 4. The first-order valence-corrected chi connectivity index (χ1v) is 9.70. The number of rotatable bonds is 6. The third-order valence-corrected chi connectivity index (χ3v) is 5.69. The summed E-state index contributed by atoms with van der Waals surface area (Å²) in [5, 5.41) is 10.1. The normalized spacial score (nSPS) is 13.7. The number of fused-ring (bicyclic) bond motifs is 1. The molecule has 0 atom stereocenters. The molecule has 0 unspecified atom stereocenters. The van der Waals surface area contributed by atoms with Gasteiger partial charge in [0.2, 0.25) is 0 Å². The van der Waals surface area contributed by atoms with E-state index in [1.807, 2.05) is 12.1 Å². The second-order valence-electron chi connectivity index (χ2n) is 6.67. The van der Waals surface area contributed by atoms with Gasteiger partial charge in [-0.3, -0.25) is 14.8 Å². The van der Waals surface area contributed by atoms with Gasteiger partial charge in [0.15, 0.2) is 5.69 Å². The highest BCUT2D eigenvalue weighted by Crippen LogP contribution is 2.26. The fourth-order valence-corrected chi connectivity index (χ4v) is 4.13. The van der Waals surface area contributed by atoms with Crippen molar-refractivity contribution in [2.45, 2.75) is 26.4 Å². The van der Waals surface area contributed by atoms with E-state index in [1.165, 1.54) is 16.0 Å². The van der Waals surface area contributed by atoms with E-state index >= 15 is 0 Å². The number of amides is 1. The van der Waals surface area contributed by atoms with Crippen LogP contribution in [0.25, 0.3) is 10.6 Å². The molecule has 6 heteroatoms. The van der Waals surface area contributed by atoms with Gasteiger partial charge in [-0.25, -0.2) is 0 Å². The summed E-state index contributed by atoms with van der Waals surface area (Å²) in [6.07, 6.45) is 0.932. The van der Waals surface area contributed by atoms with Gasteiger partial charge in [-0.1, -0.05) is 24.3 Å². The average Bonchev–Trinajstić information content (AvgIpc) is 3.36. The van der Waals surface area contributed by atoms with Crippen LogP contribution < -0.4 is 5.32 Å². The summed E-state index contributed by atoms with van der Waals surface area (Å²) in [5.74, 6) is -0.120. The molecule has 0 saturated heterocycles. The molecule has 0 radical (unpaired) electrons. The van der Waals surface area contributed by atoms with Crippen molar-refractivity contribution in [3.05, 3.63) is 64.2 Å². The van der Waals surface area contributed by atoms with Crippen LogP contribution in [0.15, 0.2) is 42.5 Å². The minimum absolute atomic E-state index is 0.120. The van der Waals surface area contributed by atoms with Crippen molar-refractivity contribution in [2.75, 3.05) is 13.1 Å². The number of benzene rings is 1. The Morgan fingerprint density at radius 3 is 2.69 bits per heavy atom. The number of aryl methyl sites for hydroxylation is 1. The van der Waals surface area contributed by atoms with Crippen LogP contribution in [0.5, 0.6) is 0 Å². The quantitative estimate of drug-likeness (QED) is 0.656. The highest BCUT2D eigenvalue weighted by atomic mass is 32.1. The Hall–Kier alpha value is -2.44. The molecule has 4 rings (SSSR count). The molecule has 0 saturated carbocycles. The van der Waals surface area contributed by atoms with E-state index in [2.05, 4.69) is 57.7 Å². The third-order valence-electron chi connectivity index (χ3n) is 4.66. The Morgan fingerprint density at radius 2 is 2.00 bits per heavy atom. The minimum atomic E-state index is -0.120. The van der Waals surface area contributed by atoms with E-state index in [0.29, 0.717) is 12.2 Å². The Bertz CT molecular complexity index is 889. The monoisotopic (exact) mass is 366 g/mol. The highest BCUT2D eigenvalue weighted by molar-refractivity contribution is 7.15. The van der Waals surface area contributed by atoms with E-state index in [9.17, 15) is 4.79 Å². The van der Waals surface area contributed by atoms with Crippen LogP contribution >= 0.6 is 11.3 Å². The zero-order chi connectivity index (χ0) is 17.9. The smallest absolute Gasteiger partial charge is 0.271 e. The number of carbonyl (C=O) groups excluding carboxylic acids is 1. The van der Waals surface area contributed by atoms with E-state index in [1.54, 1.807) is 11.3 Å². The standard InChI is InChI=1S/C20H22N4OS/c1-14-7-8-19(26-14)17-11-18(23-22-17)20(25)21-9-4-10-24-12-15-5-2-3-6-16(15)13-24/h2-3,5-8,11H,4,9-10,12-13H2,1H3,(H,21,25)(H,22,23). The predicted molar refractivity (Wildman–Crippen MR) is 104 cm³/mol. The summed E-state index contributed by atoms with van der Waals surface area (Å²) in [6.45, 7) is 5.72. The van der Waals surface area contributed by atoms with Crippen LogP contribution in [0.1, 0.15) is 32.9 Å². The summed E-state index contributed by atoms with van der Waals surface area (Å²) in [7, 11) is 0. The maximum absolute atomic E-state index is 12.3. The van der Waals surface area contributed by atoms with Crippen LogP contribution in [-0.2, 0) is 13.1 Å². The van der Waals surface area contributed by atoms with Crippen molar-refractivity contribution in [1.82, 2.24) is 20.4 Å². The van der Waals surface area contributed by atoms with Gasteiger partial charge >= 0.3 is 0 Å². The van der Waals surface area contributed by atoms with Crippen molar-refractivity contribution in [1.29, 1.82) is 0 Å². The van der Waals surface area contributed by atoms with Crippen LogP contribution in [0.2, 0.25) is 0 Å². The lowest BCUT2D eigenvalue weighted by Crippen LogP contribution is -2.28. The van der Waals surface area contributed by atoms with E-state index in [0.717, 1.165) is 36.6 Å². The first kappa shape index (κ1) is 17.0. The number of nitrogens with zero attached hydrogens (tertiary/aromatic N) is 2. The van der Waals surface area contributed by atoms with Crippen molar-refractivity contribution in [3.8, 4) is 10.6 Å². The van der Waals surface area contributed by atoms with E-state index in [4.69, 9.17) is 0 Å². The van der Waals surface area contributed by atoms with Crippen molar-refractivity contribution in [2.24, 2.45) is 0 Å². The van der Waals surface area contributed by atoms with Crippen LogP contribution in [0.3, 0.4) is 0 Å². The summed E-state index contributed by atoms with van der Waals surface area (Å²) < 4.78 is 0. The number of nitrogens with one attached hydrogen (secondary N) is 2. The Morgan fingerprint density at radius 1 is 1.23 bits per heavy atom. The van der Waals surface area contributed by atoms with Crippen molar-refractivity contribution < 1.29 is 4.79 Å². The third kappa shape index (κ3) is 3.71. The fraction of sp³-hybridized carbons (Fsp3) is 0.300. The number of H-pyrrole nitrogens is 1. The molecule has 2 N–H and O–H groups in total. The topological polar surface area (TPSA) is 61.0 Å². The Labute approximate surface area is 157 Å². The SMILES string of the molecule is Cc1ccc(-c2cc(C(=O)NCCCN3Cc4ccccc4C3)n[nH]2)s1. The second-order valence-corrected chi connectivity index (χ2v) is 7.95. The summed E-state index contributed by atoms with van der Waals surface area (Å²) in [4.78, 5) is 17.0. The molecular weight excluding hydrogens is 344 g/mol. The second kappa shape index (κ2) is 7.43. The lowest BCUT2D eigenvalue weighted by Gasteiger charge is -2.14. The number of aromatic amines is 1. The summed E-state index contributed by atoms with van der Waals surface area (Å²) >= 11 is 1.69. The minimum Gasteiger partial charge on any atom is -0.351 e. The molecule has 2 aromatic heterocycles. The van der Waals surface area contributed by atoms with Gasteiger partial charge in [0.05, 0.1) is 10.6 Å². The zero-order valence-electron chi connectivity index (χ0n) is 14.8. The molecule has 26 heavy (non-hydrogen) atoms. The molecule has 1 aliphatic heterocycles. The van der Waals surface area contributed by atoms with Gasteiger partial charge in [0, 0.05) is 31.1 Å². The van der Waals surface area contributed by atoms with Crippen molar-refractivity contribution in [3.63, 3.8) is 0 Å². The Balaban J connectivity index is 1.23. The van der Waals surface area contributed by atoms with Gasteiger partial charge in [-0.2, -0.15) is 5.10 Å². The largest absolute Gasteiger partial charge is 0.351 e. The number of carbonyl (C=O) groups is 1. The molecule has 5 nitrogen and oxygen atoms in total. The van der Waals surface area contributed by atoms with E-state index in [-0.39, 0.29) is 5.91 Å². The molecule has 1 amide bonds. The summed E-state index contributed by atoms with van der Waals surface area (Å²) in [6, 6.07) is 14.5. The zero-order valence-corrected chi connectivity index (χ0v) is 15.6. The van der Waals surface area contributed by atoms with Crippen LogP contribution in [-0.4, -0.2) is 34.1 Å². The molecule has 3 aromatic rings. The molecule has 134 valence electrons. The number of thiophene rings is 1. The molecule has 0 spiro atoms. The molecular formula is C20H22N4OS. The summed E-state index contributed by atoms with van der Waals surface area (Å²) in [5.41, 5.74) is 4.18. The Kier molecular flexibility index (Phi) is 4.86. The molecule has 0 aliphatic carbocycles. The molecule has 0 bridgehead atoms. The lowest BCUT2D eigenvalue weighted by atomic mass is 10.1. The van der Waals surface area contributed by atoms with Gasteiger partial charge in [0.1, 0.15) is 0 Å². The fourth-order valence-electron chi connectivity index (χ4n) is 3.30. The lowest BCUT2D eigenvalue weighted by molar-refractivity contribution is 0.0946.